The molecule has 4 heteroatoms. The molecule has 0 N–H and O–H groups in total. The molecule has 1 nitrogen and oxygen atoms in total. The van der Waals surface area contributed by atoms with Crippen molar-refractivity contribution in [3.63, 3.8) is 0 Å². The molecule has 1 saturated carbocycles. The van der Waals surface area contributed by atoms with E-state index in [4.69, 9.17) is 28.5 Å². The first-order valence-corrected chi connectivity index (χ1v) is 5.78. The van der Waals surface area contributed by atoms with Gasteiger partial charge in [0.25, 0.3) is 0 Å². The molecule has 1 aromatic rings. The summed E-state index contributed by atoms with van der Waals surface area (Å²) >= 11 is 13.4. The van der Waals surface area contributed by atoms with Gasteiger partial charge < -0.3 is 0 Å². The predicted molar refractivity (Wildman–Crippen MR) is 59.9 cm³/mol. The SMILES string of the molecule is N#CC1(Sc2cccc(Cl)c2Cl)CC1. The van der Waals surface area contributed by atoms with Gasteiger partial charge in [0.1, 0.15) is 4.75 Å². The van der Waals surface area contributed by atoms with Crippen molar-refractivity contribution in [3.8, 4) is 6.07 Å². The largest absolute Gasteiger partial charge is 0.197 e. The Morgan fingerprint density at radius 3 is 2.64 bits per heavy atom. The fourth-order valence-electron chi connectivity index (χ4n) is 1.12. The number of nitriles is 1. The Hall–Kier alpha value is -0.360. The number of rotatable bonds is 2. The Morgan fingerprint density at radius 1 is 1.36 bits per heavy atom. The fraction of sp³-hybridized carbons (Fsp3) is 0.300. The zero-order chi connectivity index (χ0) is 10.2. The zero-order valence-corrected chi connectivity index (χ0v) is 9.59. The monoisotopic (exact) mass is 243 g/mol. The molecule has 0 saturated heterocycles. The number of benzene rings is 1. The minimum atomic E-state index is -0.242. The number of thioether (sulfide) groups is 1. The predicted octanol–water partition coefficient (Wildman–Crippen LogP) is 4.14. The number of nitrogens with zero attached hydrogens (tertiary/aromatic N) is 1. The van der Waals surface area contributed by atoms with Gasteiger partial charge in [-0.15, -0.1) is 11.8 Å². The van der Waals surface area contributed by atoms with E-state index in [2.05, 4.69) is 6.07 Å². The third-order valence-electron chi connectivity index (χ3n) is 2.13. The van der Waals surface area contributed by atoms with E-state index in [0.717, 1.165) is 17.7 Å². The summed E-state index contributed by atoms with van der Waals surface area (Å²) in [7, 11) is 0. The molecule has 0 heterocycles. The highest BCUT2D eigenvalue weighted by molar-refractivity contribution is 8.01. The van der Waals surface area contributed by atoms with Crippen LogP contribution in [0.25, 0.3) is 0 Å². The molecular formula is C10H7Cl2NS. The molecule has 1 aromatic carbocycles. The summed E-state index contributed by atoms with van der Waals surface area (Å²) in [5.74, 6) is 0. The van der Waals surface area contributed by atoms with Gasteiger partial charge in [-0.3, -0.25) is 0 Å². The van der Waals surface area contributed by atoms with Crippen molar-refractivity contribution in [1.29, 1.82) is 5.26 Å². The maximum atomic E-state index is 8.93. The Morgan fingerprint density at radius 2 is 2.07 bits per heavy atom. The molecule has 1 aliphatic rings. The van der Waals surface area contributed by atoms with E-state index >= 15 is 0 Å². The smallest absolute Gasteiger partial charge is 0.107 e. The van der Waals surface area contributed by atoms with Crippen molar-refractivity contribution in [2.24, 2.45) is 0 Å². The molecule has 0 atom stereocenters. The second-order valence-electron chi connectivity index (χ2n) is 3.26. The average molecular weight is 244 g/mol. The highest BCUT2D eigenvalue weighted by atomic mass is 35.5. The highest BCUT2D eigenvalue weighted by Gasteiger charge is 2.44. The summed E-state index contributed by atoms with van der Waals surface area (Å²) in [5, 5.41) is 10.0. The quantitative estimate of drug-likeness (QED) is 0.780. The lowest BCUT2D eigenvalue weighted by Crippen LogP contribution is -1.96. The van der Waals surface area contributed by atoms with Crippen LogP contribution in [0.1, 0.15) is 12.8 Å². The molecule has 1 aliphatic carbocycles. The van der Waals surface area contributed by atoms with Crippen molar-refractivity contribution in [2.75, 3.05) is 0 Å². The van der Waals surface area contributed by atoms with Crippen LogP contribution < -0.4 is 0 Å². The van der Waals surface area contributed by atoms with Crippen molar-refractivity contribution in [1.82, 2.24) is 0 Å². The van der Waals surface area contributed by atoms with Crippen LogP contribution in [0.5, 0.6) is 0 Å². The Labute approximate surface area is 97.0 Å². The van der Waals surface area contributed by atoms with E-state index < -0.39 is 0 Å². The fourth-order valence-corrected chi connectivity index (χ4v) is 2.71. The zero-order valence-electron chi connectivity index (χ0n) is 7.26. The van der Waals surface area contributed by atoms with Crippen LogP contribution in [-0.4, -0.2) is 4.75 Å². The molecule has 2 rings (SSSR count). The normalized spacial score (nSPS) is 17.5. The van der Waals surface area contributed by atoms with Gasteiger partial charge in [0.2, 0.25) is 0 Å². The molecule has 0 aromatic heterocycles. The van der Waals surface area contributed by atoms with E-state index in [0.29, 0.717) is 10.0 Å². The van der Waals surface area contributed by atoms with Gasteiger partial charge in [0, 0.05) is 4.90 Å². The van der Waals surface area contributed by atoms with E-state index in [-0.39, 0.29) is 4.75 Å². The van der Waals surface area contributed by atoms with Gasteiger partial charge in [-0.05, 0) is 25.0 Å². The van der Waals surface area contributed by atoms with Crippen molar-refractivity contribution in [3.05, 3.63) is 28.2 Å². The van der Waals surface area contributed by atoms with Crippen LogP contribution >= 0.6 is 35.0 Å². The highest BCUT2D eigenvalue weighted by Crippen LogP contribution is 2.53. The molecule has 0 bridgehead atoms. The van der Waals surface area contributed by atoms with Gasteiger partial charge in [-0.1, -0.05) is 29.3 Å². The van der Waals surface area contributed by atoms with Crippen molar-refractivity contribution >= 4 is 35.0 Å². The van der Waals surface area contributed by atoms with E-state index in [1.807, 2.05) is 12.1 Å². The van der Waals surface area contributed by atoms with Gasteiger partial charge in [-0.25, -0.2) is 0 Å². The standard InChI is InChI=1S/C10H7Cl2NS/c11-7-2-1-3-8(9(7)12)14-10(6-13)4-5-10/h1-3H,4-5H2. The Balaban J connectivity index is 2.26. The first-order chi connectivity index (χ1) is 6.67. The van der Waals surface area contributed by atoms with Crippen LogP contribution in [-0.2, 0) is 0 Å². The summed E-state index contributed by atoms with van der Waals surface area (Å²) in [6.07, 6.45) is 1.88. The Kier molecular flexibility index (Phi) is 2.66. The number of hydrogen-bond donors (Lipinski definition) is 0. The molecule has 0 spiro atoms. The summed E-state index contributed by atoms with van der Waals surface area (Å²) < 4.78 is -0.242. The molecule has 1 fully saturated rings. The maximum Gasteiger partial charge on any atom is 0.107 e. The Bertz CT molecular complexity index is 407. The minimum absolute atomic E-state index is 0.242. The van der Waals surface area contributed by atoms with Crippen LogP contribution in [0, 0.1) is 11.3 Å². The van der Waals surface area contributed by atoms with Crippen molar-refractivity contribution in [2.45, 2.75) is 22.5 Å². The summed E-state index contributed by atoms with van der Waals surface area (Å²) in [6.45, 7) is 0. The molecular weight excluding hydrogens is 237 g/mol. The van der Waals surface area contributed by atoms with Gasteiger partial charge in [0.05, 0.1) is 16.1 Å². The van der Waals surface area contributed by atoms with Crippen LogP contribution in [0.15, 0.2) is 23.1 Å². The minimum Gasteiger partial charge on any atom is -0.197 e. The number of halogens is 2. The molecule has 0 radical (unpaired) electrons. The third kappa shape index (κ3) is 1.86. The lowest BCUT2D eigenvalue weighted by molar-refractivity contribution is 1.19. The van der Waals surface area contributed by atoms with E-state index in [9.17, 15) is 0 Å². The molecule has 0 amide bonds. The van der Waals surface area contributed by atoms with Crippen LogP contribution in [0.4, 0.5) is 0 Å². The van der Waals surface area contributed by atoms with E-state index in [1.54, 1.807) is 6.07 Å². The molecule has 72 valence electrons. The van der Waals surface area contributed by atoms with Crippen LogP contribution in [0.3, 0.4) is 0 Å². The summed E-state index contributed by atoms with van der Waals surface area (Å²) in [4.78, 5) is 0.901. The van der Waals surface area contributed by atoms with Gasteiger partial charge in [0.15, 0.2) is 0 Å². The second-order valence-corrected chi connectivity index (χ2v) is 5.47. The first-order valence-electron chi connectivity index (χ1n) is 4.21. The summed E-state index contributed by atoms with van der Waals surface area (Å²) in [5.41, 5.74) is 0. The van der Waals surface area contributed by atoms with E-state index in [1.165, 1.54) is 11.8 Å². The molecule has 0 unspecified atom stereocenters. The molecule has 0 aliphatic heterocycles. The van der Waals surface area contributed by atoms with Gasteiger partial charge in [-0.2, -0.15) is 5.26 Å². The first kappa shape index (κ1) is 10.2. The lowest BCUT2D eigenvalue weighted by atomic mass is 10.4. The number of hydrogen-bond acceptors (Lipinski definition) is 2. The summed E-state index contributed by atoms with van der Waals surface area (Å²) in [6, 6.07) is 7.81. The van der Waals surface area contributed by atoms with Crippen molar-refractivity contribution < 1.29 is 0 Å². The molecule has 14 heavy (non-hydrogen) atoms. The third-order valence-corrected chi connectivity index (χ3v) is 4.51. The maximum absolute atomic E-state index is 8.93. The lowest BCUT2D eigenvalue weighted by Gasteiger charge is -2.07. The topological polar surface area (TPSA) is 23.8 Å². The second kappa shape index (κ2) is 3.66. The van der Waals surface area contributed by atoms with Crippen LogP contribution in [0.2, 0.25) is 10.0 Å². The average Bonchev–Trinajstić information content (AvgIpc) is 2.94. The van der Waals surface area contributed by atoms with Gasteiger partial charge >= 0.3 is 0 Å².